The van der Waals surface area contributed by atoms with Crippen molar-refractivity contribution in [3.8, 4) is 0 Å². The third-order valence-corrected chi connectivity index (χ3v) is 5.13. The van der Waals surface area contributed by atoms with Gasteiger partial charge in [-0.1, -0.05) is 27.5 Å². The topological polar surface area (TPSA) is 60.9 Å². The molecule has 7 heteroatoms. The van der Waals surface area contributed by atoms with E-state index in [-0.39, 0.29) is 0 Å². The molecule has 0 saturated heterocycles. The number of hydrogen-bond acceptors (Lipinski definition) is 3. The first-order chi connectivity index (χ1) is 8.90. The highest BCUT2D eigenvalue weighted by Crippen LogP contribution is 2.26. The molecule has 0 bridgehead atoms. The second-order valence-corrected chi connectivity index (χ2v) is 6.84. The first kappa shape index (κ1) is 14.6. The van der Waals surface area contributed by atoms with Gasteiger partial charge in [-0.2, -0.15) is 5.10 Å². The number of benzene rings is 1. The highest BCUT2D eigenvalue weighted by atomic mass is 79.9. The molecule has 0 amide bonds. The number of halogens is 2. The summed E-state index contributed by atoms with van der Waals surface area (Å²) < 4.78 is 14.8. The quantitative estimate of drug-likeness (QED) is 0.854. The van der Waals surface area contributed by atoms with E-state index in [4.69, 9.17) is 17.3 Å². The SMILES string of the molecule is Cc1nn(C)c(Cl)c1CS(=O)c1cc(Br)ccc1N. The van der Waals surface area contributed by atoms with Crippen molar-refractivity contribution in [2.75, 3.05) is 5.73 Å². The fraction of sp³-hybridized carbons (Fsp3) is 0.250. The molecule has 0 aliphatic rings. The van der Waals surface area contributed by atoms with Crippen molar-refractivity contribution in [3.05, 3.63) is 39.1 Å². The minimum absolute atomic E-state index is 0.305. The van der Waals surface area contributed by atoms with Gasteiger partial charge >= 0.3 is 0 Å². The predicted molar refractivity (Wildman–Crippen MR) is 81.6 cm³/mol. The summed E-state index contributed by atoms with van der Waals surface area (Å²) in [5.74, 6) is 0.305. The third-order valence-electron chi connectivity index (χ3n) is 2.77. The Labute approximate surface area is 127 Å². The fourth-order valence-electron chi connectivity index (χ4n) is 1.75. The standard InChI is InChI=1S/C12H13BrClN3OS/c1-7-9(12(14)17(2)16-7)6-19(18)11-5-8(13)3-4-10(11)15/h3-5H,6,15H2,1-2H3. The summed E-state index contributed by atoms with van der Waals surface area (Å²) in [5.41, 5.74) is 7.95. The lowest BCUT2D eigenvalue weighted by Crippen LogP contribution is -2.02. The van der Waals surface area contributed by atoms with E-state index in [2.05, 4.69) is 21.0 Å². The van der Waals surface area contributed by atoms with Gasteiger partial charge in [0.2, 0.25) is 0 Å². The number of aryl methyl sites for hydroxylation is 2. The van der Waals surface area contributed by atoms with Crippen LogP contribution in [0.5, 0.6) is 0 Å². The van der Waals surface area contributed by atoms with Crippen LogP contribution in [0.3, 0.4) is 0 Å². The fourth-order valence-corrected chi connectivity index (χ4v) is 3.94. The second-order valence-electron chi connectivity index (χ2n) is 4.15. The molecule has 0 aliphatic carbocycles. The Hall–Kier alpha value is -0.850. The molecule has 0 radical (unpaired) electrons. The van der Waals surface area contributed by atoms with Crippen molar-refractivity contribution in [1.82, 2.24) is 9.78 Å². The van der Waals surface area contributed by atoms with Gasteiger partial charge in [0.15, 0.2) is 0 Å². The molecule has 2 aromatic rings. The first-order valence-corrected chi connectivity index (χ1v) is 8.00. The van der Waals surface area contributed by atoms with Gasteiger partial charge in [-0.25, -0.2) is 0 Å². The zero-order valence-electron chi connectivity index (χ0n) is 10.5. The Morgan fingerprint density at radius 3 is 2.79 bits per heavy atom. The van der Waals surface area contributed by atoms with Gasteiger partial charge in [0.25, 0.3) is 0 Å². The van der Waals surface area contributed by atoms with Crippen molar-refractivity contribution in [1.29, 1.82) is 0 Å². The summed E-state index contributed by atoms with van der Waals surface area (Å²) in [6.45, 7) is 1.85. The predicted octanol–water partition coefficient (Wildman–Crippen LogP) is 3.03. The maximum Gasteiger partial charge on any atom is 0.131 e. The van der Waals surface area contributed by atoms with E-state index >= 15 is 0 Å². The van der Waals surface area contributed by atoms with Crippen LogP contribution in [-0.4, -0.2) is 14.0 Å². The molecule has 1 aromatic heterocycles. The van der Waals surface area contributed by atoms with Gasteiger partial charge in [0.05, 0.1) is 27.1 Å². The molecule has 2 rings (SSSR count). The van der Waals surface area contributed by atoms with Crippen molar-refractivity contribution >= 4 is 44.0 Å². The van der Waals surface area contributed by atoms with Crippen LogP contribution in [0.2, 0.25) is 5.15 Å². The van der Waals surface area contributed by atoms with Crippen LogP contribution < -0.4 is 5.73 Å². The van der Waals surface area contributed by atoms with Crippen LogP contribution in [0.4, 0.5) is 5.69 Å². The number of nitrogens with zero attached hydrogens (tertiary/aromatic N) is 2. The molecule has 0 fully saturated rings. The van der Waals surface area contributed by atoms with E-state index in [1.165, 1.54) is 0 Å². The van der Waals surface area contributed by atoms with Gasteiger partial charge in [-0.05, 0) is 25.1 Å². The van der Waals surface area contributed by atoms with E-state index < -0.39 is 10.8 Å². The highest BCUT2D eigenvalue weighted by molar-refractivity contribution is 9.10. The summed E-state index contributed by atoms with van der Waals surface area (Å²) in [6, 6.07) is 5.32. The van der Waals surface area contributed by atoms with Gasteiger partial charge < -0.3 is 5.73 Å². The van der Waals surface area contributed by atoms with Crippen LogP contribution >= 0.6 is 27.5 Å². The van der Waals surface area contributed by atoms with Crippen LogP contribution in [0, 0.1) is 6.92 Å². The van der Waals surface area contributed by atoms with E-state index in [0.29, 0.717) is 21.5 Å². The molecule has 4 nitrogen and oxygen atoms in total. The molecule has 2 N–H and O–H groups in total. The molecule has 19 heavy (non-hydrogen) atoms. The van der Waals surface area contributed by atoms with Crippen molar-refractivity contribution in [3.63, 3.8) is 0 Å². The highest BCUT2D eigenvalue weighted by Gasteiger charge is 2.16. The summed E-state index contributed by atoms with van der Waals surface area (Å²) in [7, 11) is 0.503. The normalized spacial score (nSPS) is 12.6. The Morgan fingerprint density at radius 2 is 2.21 bits per heavy atom. The molecular weight excluding hydrogens is 350 g/mol. The summed E-state index contributed by atoms with van der Waals surface area (Å²) >= 11 is 9.49. The Balaban J connectivity index is 2.33. The maximum atomic E-state index is 12.4. The van der Waals surface area contributed by atoms with E-state index in [9.17, 15) is 4.21 Å². The number of hydrogen-bond donors (Lipinski definition) is 1. The lowest BCUT2D eigenvalue weighted by Gasteiger charge is -2.06. The average molecular weight is 363 g/mol. The van der Waals surface area contributed by atoms with E-state index in [1.54, 1.807) is 23.9 Å². The van der Waals surface area contributed by atoms with Gasteiger partial charge in [0.1, 0.15) is 5.15 Å². The largest absolute Gasteiger partial charge is 0.398 e. The Kier molecular flexibility index (Phi) is 4.32. The zero-order chi connectivity index (χ0) is 14.2. The lowest BCUT2D eigenvalue weighted by molar-refractivity contribution is 0.682. The van der Waals surface area contributed by atoms with Gasteiger partial charge in [0, 0.05) is 22.8 Å². The lowest BCUT2D eigenvalue weighted by atomic mass is 10.3. The molecule has 0 spiro atoms. The number of nitrogen functional groups attached to an aromatic ring is 1. The van der Waals surface area contributed by atoms with Crippen molar-refractivity contribution in [2.45, 2.75) is 17.6 Å². The van der Waals surface area contributed by atoms with Crippen LogP contribution in [-0.2, 0) is 23.6 Å². The van der Waals surface area contributed by atoms with Gasteiger partial charge in [-0.15, -0.1) is 0 Å². The first-order valence-electron chi connectivity index (χ1n) is 5.51. The number of rotatable bonds is 3. The minimum Gasteiger partial charge on any atom is -0.398 e. The average Bonchev–Trinajstić information content (AvgIpc) is 2.59. The minimum atomic E-state index is -1.26. The van der Waals surface area contributed by atoms with Gasteiger partial charge in [-0.3, -0.25) is 8.89 Å². The summed E-state index contributed by atoms with van der Waals surface area (Å²) in [6.07, 6.45) is 0. The Morgan fingerprint density at radius 1 is 1.53 bits per heavy atom. The molecule has 1 unspecified atom stereocenters. The summed E-state index contributed by atoms with van der Waals surface area (Å²) in [5, 5.41) is 4.72. The number of nitrogens with two attached hydrogens (primary N) is 1. The molecule has 1 heterocycles. The molecule has 0 aliphatic heterocycles. The maximum absolute atomic E-state index is 12.4. The van der Waals surface area contributed by atoms with Crippen LogP contribution in [0.15, 0.2) is 27.6 Å². The van der Waals surface area contributed by atoms with Crippen molar-refractivity contribution in [2.24, 2.45) is 7.05 Å². The van der Waals surface area contributed by atoms with Crippen molar-refractivity contribution < 1.29 is 4.21 Å². The molecule has 1 atom stereocenters. The monoisotopic (exact) mass is 361 g/mol. The van der Waals surface area contributed by atoms with Crippen LogP contribution in [0.25, 0.3) is 0 Å². The van der Waals surface area contributed by atoms with E-state index in [1.807, 2.05) is 13.0 Å². The Bertz CT molecular complexity index is 657. The number of anilines is 1. The zero-order valence-corrected chi connectivity index (χ0v) is 13.6. The molecular formula is C12H13BrClN3OS. The molecule has 0 saturated carbocycles. The third kappa shape index (κ3) is 3.01. The second kappa shape index (κ2) is 5.64. The number of aromatic nitrogens is 2. The van der Waals surface area contributed by atoms with Crippen LogP contribution in [0.1, 0.15) is 11.3 Å². The summed E-state index contributed by atoms with van der Waals surface area (Å²) in [4.78, 5) is 0.605. The smallest absolute Gasteiger partial charge is 0.131 e. The van der Waals surface area contributed by atoms with E-state index in [0.717, 1.165) is 15.7 Å². The molecule has 102 valence electrons. The molecule has 1 aromatic carbocycles.